The Morgan fingerprint density at radius 1 is 1.75 bits per heavy atom. The van der Waals surface area contributed by atoms with E-state index in [9.17, 15) is 0 Å². The molecule has 1 atom stereocenters. The van der Waals surface area contributed by atoms with E-state index in [2.05, 4.69) is 11.8 Å². The number of nitrogens with one attached hydrogen (secondary N) is 1. The maximum Gasteiger partial charge on any atom is 0.0918 e. The van der Waals surface area contributed by atoms with Crippen LogP contribution in [0.25, 0.3) is 0 Å². The van der Waals surface area contributed by atoms with Gasteiger partial charge in [-0.2, -0.15) is 0 Å². The van der Waals surface area contributed by atoms with Crippen molar-refractivity contribution in [2.24, 2.45) is 5.73 Å². The molecule has 0 aromatic rings. The van der Waals surface area contributed by atoms with Crippen LogP contribution in [0.3, 0.4) is 0 Å². The van der Waals surface area contributed by atoms with Crippen molar-refractivity contribution in [1.29, 1.82) is 5.41 Å². The van der Waals surface area contributed by atoms with Crippen molar-refractivity contribution < 1.29 is 4.74 Å². The van der Waals surface area contributed by atoms with Gasteiger partial charge >= 0.3 is 0 Å². The molecule has 1 rings (SSSR count). The Labute approximate surface area is 73.2 Å². The van der Waals surface area contributed by atoms with E-state index in [1.165, 1.54) is 0 Å². The number of hydrogen-bond acceptors (Lipinski definition) is 3. The number of nitrogens with two attached hydrogens (primary N) is 1. The molecule has 1 aliphatic heterocycles. The lowest BCUT2D eigenvalue weighted by atomic mass is 10.2. The van der Waals surface area contributed by atoms with Crippen LogP contribution in [-0.4, -0.2) is 43.1 Å². The van der Waals surface area contributed by atoms with E-state index in [-0.39, 0.29) is 5.84 Å². The van der Waals surface area contributed by atoms with Crippen LogP contribution in [0.5, 0.6) is 0 Å². The normalized spacial score (nSPS) is 25.6. The predicted molar refractivity (Wildman–Crippen MR) is 48.4 cm³/mol. The zero-order chi connectivity index (χ0) is 8.97. The highest BCUT2D eigenvalue weighted by Gasteiger charge is 2.17. The summed E-state index contributed by atoms with van der Waals surface area (Å²) in [6.07, 6.45) is 0.671. The van der Waals surface area contributed by atoms with Gasteiger partial charge in [-0.15, -0.1) is 0 Å². The summed E-state index contributed by atoms with van der Waals surface area (Å²) in [4.78, 5) is 2.31. The van der Waals surface area contributed by atoms with Crippen LogP contribution in [0.1, 0.15) is 13.3 Å². The first-order valence-corrected chi connectivity index (χ1v) is 4.35. The SMILES string of the molecule is CC1COCCN1CCC(=N)N. The monoisotopic (exact) mass is 171 g/mol. The minimum atomic E-state index is 0.272. The van der Waals surface area contributed by atoms with Gasteiger partial charge in [-0.3, -0.25) is 10.3 Å². The first kappa shape index (κ1) is 9.48. The van der Waals surface area contributed by atoms with E-state index in [1.807, 2.05) is 0 Å². The van der Waals surface area contributed by atoms with Crippen molar-refractivity contribution in [2.45, 2.75) is 19.4 Å². The van der Waals surface area contributed by atoms with E-state index in [0.717, 1.165) is 26.3 Å². The zero-order valence-corrected chi connectivity index (χ0v) is 7.55. The molecule has 1 saturated heterocycles. The summed E-state index contributed by atoms with van der Waals surface area (Å²) < 4.78 is 5.29. The molecule has 3 N–H and O–H groups in total. The van der Waals surface area contributed by atoms with Gasteiger partial charge in [0.1, 0.15) is 0 Å². The minimum absolute atomic E-state index is 0.272. The number of hydrogen-bond donors (Lipinski definition) is 2. The molecule has 0 saturated carbocycles. The summed E-state index contributed by atoms with van der Waals surface area (Å²) in [5.41, 5.74) is 5.28. The third kappa shape index (κ3) is 2.79. The lowest BCUT2D eigenvalue weighted by molar-refractivity contribution is 0.00109. The molecule has 0 aliphatic carbocycles. The fraction of sp³-hybridized carbons (Fsp3) is 0.875. The van der Waals surface area contributed by atoms with Crippen LogP contribution in [0, 0.1) is 5.41 Å². The first-order valence-electron chi connectivity index (χ1n) is 4.35. The Kier molecular flexibility index (Phi) is 3.49. The van der Waals surface area contributed by atoms with Gasteiger partial charge in [-0.05, 0) is 6.92 Å². The third-order valence-corrected chi connectivity index (χ3v) is 2.17. The second kappa shape index (κ2) is 4.42. The highest BCUT2D eigenvalue weighted by atomic mass is 16.5. The van der Waals surface area contributed by atoms with Gasteiger partial charge in [-0.25, -0.2) is 0 Å². The van der Waals surface area contributed by atoms with E-state index in [1.54, 1.807) is 0 Å². The van der Waals surface area contributed by atoms with Gasteiger partial charge < -0.3 is 10.5 Å². The number of ether oxygens (including phenoxy) is 1. The van der Waals surface area contributed by atoms with Crippen LogP contribution < -0.4 is 5.73 Å². The van der Waals surface area contributed by atoms with Crippen molar-refractivity contribution in [3.8, 4) is 0 Å². The van der Waals surface area contributed by atoms with Crippen molar-refractivity contribution in [3.63, 3.8) is 0 Å². The smallest absolute Gasteiger partial charge is 0.0918 e. The van der Waals surface area contributed by atoms with Crippen LogP contribution in [0.15, 0.2) is 0 Å². The summed E-state index contributed by atoms with van der Waals surface area (Å²) >= 11 is 0. The Bertz CT molecular complexity index is 160. The van der Waals surface area contributed by atoms with Gasteiger partial charge in [-0.1, -0.05) is 0 Å². The molecule has 1 fully saturated rings. The summed E-state index contributed by atoms with van der Waals surface area (Å²) in [5.74, 6) is 0.272. The molecule has 0 spiro atoms. The topological polar surface area (TPSA) is 62.3 Å². The summed E-state index contributed by atoms with van der Waals surface area (Å²) in [7, 11) is 0. The van der Waals surface area contributed by atoms with Crippen molar-refractivity contribution >= 4 is 5.84 Å². The van der Waals surface area contributed by atoms with Crippen LogP contribution in [-0.2, 0) is 4.74 Å². The molecule has 0 amide bonds. The molecule has 1 aliphatic rings. The number of nitrogens with zero attached hydrogens (tertiary/aromatic N) is 1. The lowest BCUT2D eigenvalue weighted by Gasteiger charge is -2.32. The van der Waals surface area contributed by atoms with Crippen LogP contribution in [0.2, 0.25) is 0 Å². The average molecular weight is 171 g/mol. The molecule has 1 heterocycles. The summed E-state index contributed by atoms with van der Waals surface area (Å²) in [5, 5.41) is 7.10. The molecular weight excluding hydrogens is 154 g/mol. The van der Waals surface area contributed by atoms with E-state index >= 15 is 0 Å². The number of amidine groups is 1. The van der Waals surface area contributed by atoms with Crippen LogP contribution >= 0.6 is 0 Å². The molecule has 0 bridgehead atoms. The van der Waals surface area contributed by atoms with E-state index < -0.39 is 0 Å². The molecular formula is C8H17N3O. The second-order valence-electron chi connectivity index (χ2n) is 3.24. The van der Waals surface area contributed by atoms with E-state index in [0.29, 0.717) is 12.5 Å². The van der Waals surface area contributed by atoms with Crippen molar-refractivity contribution in [2.75, 3.05) is 26.3 Å². The highest BCUT2D eigenvalue weighted by Crippen LogP contribution is 2.05. The molecule has 0 aromatic carbocycles. The summed E-state index contributed by atoms with van der Waals surface area (Å²) in [6.45, 7) is 5.60. The average Bonchev–Trinajstić information content (AvgIpc) is 2.03. The largest absolute Gasteiger partial charge is 0.388 e. The molecule has 4 nitrogen and oxygen atoms in total. The van der Waals surface area contributed by atoms with Gasteiger partial charge in [0.05, 0.1) is 19.0 Å². The Morgan fingerprint density at radius 2 is 2.50 bits per heavy atom. The molecule has 0 radical (unpaired) electrons. The second-order valence-corrected chi connectivity index (χ2v) is 3.24. The third-order valence-electron chi connectivity index (χ3n) is 2.17. The Hall–Kier alpha value is -0.610. The molecule has 12 heavy (non-hydrogen) atoms. The van der Waals surface area contributed by atoms with Gasteiger partial charge in [0, 0.05) is 25.6 Å². The fourth-order valence-corrected chi connectivity index (χ4v) is 1.36. The zero-order valence-electron chi connectivity index (χ0n) is 7.55. The quantitative estimate of drug-likeness (QED) is 0.465. The van der Waals surface area contributed by atoms with Gasteiger partial charge in [0.25, 0.3) is 0 Å². The number of rotatable bonds is 3. The maximum atomic E-state index is 7.10. The van der Waals surface area contributed by atoms with Crippen molar-refractivity contribution in [3.05, 3.63) is 0 Å². The summed E-state index contributed by atoms with van der Waals surface area (Å²) in [6, 6.07) is 0.470. The molecule has 0 aromatic heterocycles. The minimum Gasteiger partial charge on any atom is -0.388 e. The highest BCUT2D eigenvalue weighted by molar-refractivity contribution is 5.76. The van der Waals surface area contributed by atoms with Crippen molar-refractivity contribution in [1.82, 2.24) is 4.90 Å². The molecule has 4 heteroatoms. The Balaban J connectivity index is 2.24. The fourth-order valence-electron chi connectivity index (χ4n) is 1.36. The Morgan fingerprint density at radius 3 is 3.08 bits per heavy atom. The molecule has 1 unspecified atom stereocenters. The van der Waals surface area contributed by atoms with Gasteiger partial charge in [0.15, 0.2) is 0 Å². The number of morpholine rings is 1. The predicted octanol–water partition coefficient (Wildman–Crippen LogP) is 0.0332. The maximum absolute atomic E-state index is 7.10. The standard InChI is InChI=1S/C8H17N3O/c1-7-6-12-5-4-11(7)3-2-8(9)10/h7H,2-6H2,1H3,(H3,9,10). The van der Waals surface area contributed by atoms with Gasteiger partial charge in [0.2, 0.25) is 0 Å². The first-order chi connectivity index (χ1) is 5.70. The van der Waals surface area contributed by atoms with Crippen LogP contribution in [0.4, 0.5) is 0 Å². The lowest BCUT2D eigenvalue weighted by Crippen LogP contribution is -2.44. The molecule has 70 valence electrons. The van der Waals surface area contributed by atoms with E-state index in [4.69, 9.17) is 15.9 Å².